The lowest BCUT2D eigenvalue weighted by Gasteiger charge is -2.16. The first-order valence-corrected chi connectivity index (χ1v) is 10.1. The number of hydrogen-bond acceptors (Lipinski definition) is 9. The summed E-state index contributed by atoms with van der Waals surface area (Å²) >= 11 is 6.27. The molecule has 0 aliphatic rings. The minimum atomic E-state index is -0.562. The van der Waals surface area contributed by atoms with Crippen LogP contribution in [0.5, 0.6) is 0 Å². The van der Waals surface area contributed by atoms with Crippen molar-refractivity contribution in [2.45, 2.75) is 13.3 Å². The van der Waals surface area contributed by atoms with Crippen LogP contribution >= 0.6 is 11.6 Å². The number of rotatable bonds is 5. The molecule has 5 N–H and O–H groups in total. The topological polar surface area (TPSA) is 161 Å². The van der Waals surface area contributed by atoms with Gasteiger partial charge in [-0.15, -0.1) is 0 Å². The molecule has 0 unspecified atom stereocenters. The molecule has 1 aromatic carbocycles. The van der Waals surface area contributed by atoms with E-state index >= 15 is 0 Å². The normalized spacial score (nSPS) is 10.8. The van der Waals surface area contributed by atoms with E-state index in [1.807, 2.05) is 6.07 Å². The Bertz CT molecular complexity index is 1500. The van der Waals surface area contributed by atoms with Crippen LogP contribution in [0.1, 0.15) is 17.0 Å². The second kappa shape index (κ2) is 8.68. The van der Waals surface area contributed by atoms with Crippen LogP contribution in [0.15, 0.2) is 35.4 Å². The number of fused-ring (bicyclic) bond motifs is 1. The third-order valence-electron chi connectivity index (χ3n) is 4.99. The van der Waals surface area contributed by atoms with E-state index in [-0.39, 0.29) is 57.8 Å². The first kappa shape index (κ1) is 21.9. The maximum atomic E-state index is 14.2. The Hall–Kier alpha value is -4.30. The van der Waals surface area contributed by atoms with Crippen LogP contribution in [0.25, 0.3) is 16.6 Å². The van der Waals surface area contributed by atoms with E-state index in [0.29, 0.717) is 11.3 Å². The molecule has 166 valence electrons. The van der Waals surface area contributed by atoms with Gasteiger partial charge in [-0.2, -0.15) is 15.2 Å². The number of nitrogen functional groups attached to an aromatic ring is 2. The van der Waals surface area contributed by atoms with Gasteiger partial charge >= 0.3 is 0 Å². The first-order valence-electron chi connectivity index (χ1n) is 9.69. The summed E-state index contributed by atoms with van der Waals surface area (Å²) in [6.07, 6.45) is 2.66. The summed E-state index contributed by atoms with van der Waals surface area (Å²) in [6, 6.07) is 6.86. The number of aromatic nitrogens is 5. The second-order valence-electron chi connectivity index (χ2n) is 7.05. The predicted molar refractivity (Wildman–Crippen MR) is 123 cm³/mol. The minimum absolute atomic E-state index is 0.0463. The Labute approximate surface area is 191 Å². The molecule has 12 heteroatoms. The molecular weight excluding hydrogens is 449 g/mol. The van der Waals surface area contributed by atoms with Crippen LogP contribution < -0.4 is 22.3 Å². The number of halogens is 2. The van der Waals surface area contributed by atoms with E-state index in [4.69, 9.17) is 23.1 Å². The standard InChI is InChI=1S/C21H17ClFN9O/c1-10-13(23)8-27-9-15(10)32-16(29-14-4-2-3-12(22)17(14)20(32)33)5-6-28-19-11(7-24)18(25)30-21(26)31-19/h2-4,8-9H,5-6H2,1H3,(H5,25,26,28,30,31). The zero-order valence-corrected chi connectivity index (χ0v) is 18.1. The lowest BCUT2D eigenvalue weighted by Crippen LogP contribution is -2.26. The van der Waals surface area contributed by atoms with Gasteiger partial charge in [0.2, 0.25) is 5.95 Å². The van der Waals surface area contributed by atoms with Crippen molar-refractivity contribution in [2.75, 3.05) is 23.3 Å². The van der Waals surface area contributed by atoms with E-state index in [2.05, 4.69) is 25.3 Å². The van der Waals surface area contributed by atoms with Crippen LogP contribution in [0.3, 0.4) is 0 Å². The third-order valence-corrected chi connectivity index (χ3v) is 5.31. The fourth-order valence-electron chi connectivity index (χ4n) is 3.39. The average Bonchev–Trinajstić information content (AvgIpc) is 2.76. The Kier molecular flexibility index (Phi) is 5.76. The lowest BCUT2D eigenvalue weighted by atomic mass is 10.2. The molecule has 0 fully saturated rings. The monoisotopic (exact) mass is 465 g/mol. The van der Waals surface area contributed by atoms with Gasteiger partial charge in [0, 0.05) is 18.5 Å². The number of hydrogen-bond donors (Lipinski definition) is 3. The van der Waals surface area contributed by atoms with Crippen molar-refractivity contribution in [1.29, 1.82) is 5.26 Å². The molecule has 33 heavy (non-hydrogen) atoms. The van der Waals surface area contributed by atoms with Crippen LogP contribution in [-0.2, 0) is 6.42 Å². The van der Waals surface area contributed by atoms with Crippen molar-refractivity contribution in [1.82, 2.24) is 24.5 Å². The zero-order chi connectivity index (χ0) is 23.7. The summed E-state index contributed by atoms with van der Waals surface area (Å²) in [6.45, 7) is 1.74. The Balaban J connectivity index is 1.80. The highest BCUT2D eigenvalue weighted by Crippen LogP contribution is 2.23. The largest absolute Gasteiger partial charge is 0.382 e. The number of benzene rings is 1. The summed E-state index contributed by atoms with van der Waals surface area (Å²) in [7, 11) is 0. The maximum absolute atomic E-state index is 14.2. The van der Waals surface area contributed by atoms with Gasteiger partial charge in [-0.3, -0.25) is 14.3 Å². The van der Waals surface area contributed by atoms with Gasteiger partial charge in [-0.1, -0.05) is 17.7 Å². The van der Waals surface area contributed by atoms with Crippen LogP contribution in [0, 0.1) is 24.1 Å². The summed E-state index contributed by atoms with van der Waals surface area (Å²) in [5, 5.41) is 12.7. The average molecular weight is 466 g/mol. The summed E-state index contributed by atoms with van der Waals surface area (Å²) < 4.78 is 15.5. The second-order valence-corrected chi connectivity index (χ2v) is 7.45. The molecule has 0 aliphatic carbocycles. The van der Waals surface area contributed by atoms with Crippen LogP contribution in [-0.4, -0.2) is 31.0 Å². The minimum Gasteiger partial charge on any atom is -0.382 e. The van der Waals surface area contributed by atoms with Gasteiger partial charge in [-0.25, -0.2) is 9.37 Å². The molecular formula is C21H17ClFN9O. The molecule has 0 atom stereocenters. The van der Waals surface area contributed by atoms with E-state index in [1.165, 1.54) is 10.8 Å². The van der Waals surface area contributed by atoms with E-state index in [0.717, 1.165) is 6.20 Å². The molecule has 3 aromatic heterocycles. The molecule has 4 aromatic rings. The number of nitrogens with zero attached hydrogens (tertiary/aromatic N) is 6. The number of nitriles is 1. The van der Waals surface area contributed by atoms with Crippen LogP contribution in [0.2, 0.25) is 5.02 Å². The molecule has 0 bridgehead atoms. The van der Waals surface area contributed by atoms with Crippen molar-refractivity contribution in [2.24, 2.45) is 0 Å². The van der Waals surface area contributed by atoms with Crippen molar-refractivity contribution in [3.8, 4) is 11.8 Å². The van der Waals surface area contributed by atoms with E-state index in [1.54, 1.807) is 25.1 Å². The van der Waals surface area contributed by atoms with Gasteiger partial charge in [-0.05, 0) is 19.1 Å². The highest BCUT2D eigenvalue weighted by molar-refractivity contribution is 6.35. The molecule has 4 rings (SSSR count). The molecule has 3 heterocycles. The zero-order valence-electron chi connectivity index (χ0n) is 17.3. The van der Waals surface area contributed by atoms with E-state index in [9.17, 15) is 14.4 Å². The number of anilines is 3. The lowest BCUT2D eigenvalue weighted by molar-refractivity contribution is 0.608. The molecule has 0 aliphatic heterocycles. The molecule has 0 amide bonds. The van der Waals surface area contributed by atoms with Gasteiger partial charge < -0.3 is 16.8 Å². The highest BCUT2D eigenvalue weighted by Gasteiger charge is 2.18. The molecule has 10 nitrogen and oxygen atoms in total. The fraction of sp³-hybridized carbons (Fsp3) is 0.143. The fourth-order valence-corrected chi connectivity index (χ4v) is 3.64. The Morgan fingerprint density at radius 1 is 1.24 bits per heavy atom. The molecule has 0 radical (unpaired) electrons. The highest BCUT2D eigenvalue weighted by atomic mass is 35.5. The summed E-state index contributed by atoms with van der Waals surface area (Å²) in [5.41, 5.74) is 11.8. The van der Waals surface area contributed by atoms with Crippen molar-refractivity contribution >= 4 is 40.1 Å². The summed E-state index contributed by atoms with van der Waals surface area (Å²) in [4.78, 5) is 29.7. The quantitative estimate of drug-likeness (QED) is 0.401. The van der Waals surface area contributed by atoms with Gasteiger partial charge in [0.15, 0.2) is 5.82 Å². The van der Waals surface area contributed by atoms with Gasteiger partial charge in [0.25, 0.3) is 5.56 Å². The molecule has 0 spiro atoms. The van der Waals surface area contributed by atoms with E-state index < -0.39 is 11.4 Å². The molecule has 0 saturated carbocycles. The first-order chi connectivity index (χ1) is 15.8. The number of nitrogens with one attached hydrogen (secondary N) is 1. The van der Waals surface area contributed by atoms with Gasteiger partial charge in [0.1, 0.15) is 29.1 Å². The SMILES string of the molecule is Cc1c(F)cncc1-n1c(CCNc2nc(N)nc(N)c2C#N)nc2cccc(Cl)c2c1=O. The Morgan fingerprint density at radius 2 is 2.03 bits per heavy atom. The predicted octanol–water partition coefficient (Wildman–Crippen LogP) is 2.36. The van der Waals surface area contributed by atoms with Gasteiger partial charge in [0.05, 0.1) is 34.0 Å². The molecule has 0 saturated heterocycles. The summed E-state index contributed by atoms with van der Waals surface area (Å²) in [5.74, 6) is -0.224. The van der Waals surface area contributed by atoms with Crippen LogP contribution in [0.4, 0.5) is 22.0 Å². The van der Waals surface area contributed by atoms with Crippen molar-refractivity contribution in [3.63, 3.8) is 0 Å². The Morgan fingerprint density at radius 3 is 2.79 bits per heavy atom. The van der Waals surface area contributed by atoms with Crippen molar-refractivity contribution < 1.29 is 4.39 Å². The third kappa shape index (κ3) is 3.99. The smallest absolute Gasteiger partial charge is 0.267 e. The maximum Gasteiger partial charge on any atom is 0.267 e. The number of nitrogens with two attached hydrogens (primary N) is 2. The number of pyridine rings is 1. The van der Waals surface area contributed by atoms with Crippen molar-refractivity contribution in [3.05, 3.63) is 68.7 Å².